The molecule has 0 spiro atoms. The van der Waals surface area contributed by atoms with Gasteiger partial charge in [0.1, 0.15) is 0 Å². The predicted molar refractivity (Wildman–Crippen MR) is 90.2 cm³/mol. The second-order valence-corrected chi connectivity index (χ2v) is 7.25. The molecule has 1 atom stereocenters. The molecule has 1 aliphatic heterocycles. The lowest BCUT2D eigenvalue weighted by atomic mass is 10.1. The fourth-order valence-corrected chi connectivity index (χ4v) is 3.95. The molecular formula is C16H23N5OS. The Morgan fingerprint density at radius 2 is 2.43 bits per heavy atom. The normalized spacial score (nSPS) is 18.0. The van der Waals surface area contributed by atoms with Crippen LogP contribution in [0, 0.1) is 12.8 Å². The lowest BCUT2D eigenvalue weighted by Crippen LogP contribution is -2.32. The van der Waals surface area contributed by atoms with Crippen LogP contribution < -0.4 is 0 Å². The maximum atomic E-state index is 12.3. The van der Waals surface area contributed by atoms with Crippen molar-refractivity contribution in [3.63, 3.8) is 0 Å². The monoisotopic (exact) mass is 333 g/mol. The van der Waals surface area contributed by atoms with E-state index in [9.17, 15) is 4.79 Å². The fourth-order valence-electron chi connectivity index (χ4n) is 3.09. The van der Waals surface area contributed by atoms with Crippen LogP contribution in [0.25, 0.3) is 0 Å². The Morgan fingerprint density at radius 3 is 3.13 bits per heavy atom. The van der Waals surface area contributed by atoms with Crippen molar-refractivity contribution in [3.8, 4) is 0 Å². The van der Waals surface area contributed by atoms with E-state index in [1.807, 2.05) is 16.5 Å². The van der Waals surface area contributed by atoms with Crippen LogP contribution in [-0.2, 0) is 17.8 Å². The third-order valence-electron chi connectivity index (χ3n) is 4.37. The number of H-pyrrole nitrogens is 1. The van der Waals surface area contributed by atoms with Gasteiger partial charge in [-0.05, 0) is 32.4 Å². The van der Waals surface area contributed by atoms with Gasteiger partial charge in [-0.2, -0.15) is 5.10 Å². The number of hydrogen-bond acceptors (Lipinski definition) is 5. The number of carbonyl (C=O) groups is 1. The van der Waals surface area contributed by atoms with Crippen molar-refractivity contribution < 1.29 is 4.79 Å². The van der Waals surface area contributed by atoms with E-state index in [2.05, 4.69) is 34.1 Å². The minimum atomic E-state index is 0.192. The highest BCUT2D eigenvalue weighted by Crippen LogP contribution is 2.20. The van der Waals surface area contributed by atoms with Crippen LogP contribution in [0.1, 0.15) is 22.7 Å². The topological polar surface area (TPSA) is 65.1 Å². The number of aromatic nitrogens is 3. The zero-order valence-corrected chi connectivity index (χ0v) is 14.5. The molecule has 0 aliphatic carbocycles. The number of aromatic amines is 1. The van der Waals surface area contributed by atoms with Gasteiger partial charge in [0.25, 0.3) is 0 Å². The first-order valence-electron chi connectivity index (χ1n) is 7.95. The van der Waals surface area contributed by atoms with Crippen LogP contribution in [0.15, 0.2) is 17.8 Å². The highest BCUT2D eigenvalue weighted by Gasteiger charge is 2.27. The van der Waals surface area contributed by atoms with E-state index >= 15 is 0 Å². The highest BCUT2D eigenvalue weighted by molar-refractivity contribution is 7.09. The van der Waals surface area contributed by atoms with Crippen LogP contribution in [-0.4, -0.2) is 57.6 Å². The van der Waals surface area contributed by atoms with Crippen LogP contribution in [0.4, 0.5) is 0 Å². The van der Waals surface area contributed by atoms with Crippen molar-refractivity contribution in [1.29, 1.82) is 0 Å². The van der Waals surface area contributed by atoms with Crippen LogP contribution in [0.2, 0.25) is 0 Å². The number of hydrogen-bond donors (Lipinski definition) is 1. The molecule has 6 nitrogen and oxygen atoms in total. The smallest absolute Gasteiger partial charge is 0.228 e. The van der Waals surface area contributed by atoms with Crippen LogP contribution in [0.5, 0.6) is 0 Å². The van der Waals surface area contributed by atoms with E-state index in [0.29, 0.717) is 12.3 Å². The van der Waals surface area contributed by atoms with Gasteiger partial charge in [0.05, 0.1) is 17.6 Å². The molecule has 0 saturated carbocycles. The summed E-state index contributed by atoms with van der Waals surface area (Å²) < 4.78 is 0. The molecule has 1 unspecified atom stereocenters. The molecule has 2 aromatic heterocycles. The van der Waals surface area contributed by atoms with Crippen molar-refractivity contribution in [3.05, 3.63) is 34.0 Å². The molecule has 2 aromatic rings. The second kappa shape index (κ2) is 7.23. The number of carbonyl (C=O) groups excluding carboxylic acids is 1. The number of likely N-dealkylation sites (tertiary alicyclic amines) is 1. The van der Waals surface area contributed by atoms with E-state index in [1.165, 1.54) is 4.88 Å². The molecule has 3 rings (SSSR count). The number of nitrogens with one attached hydrogen (secondary N) is 1. The maximum Gasteiger partial charge on any atom is 0.228 e. The lowest BCUT2D eigenvalue weighted by Gasteiger charge is -2.21. The van der Waals surface area contributed by atoms with E-state index < -0.39 is 0 Å². The highest BCUT2D eigenvalue weighted by atomic mass is 32.1. The number of rotatable bonds is 6. The third-order valence-corrected chi connectivity index (χ3v) is 5.29. The van der Waals surface area contributed by atoms with Gasteiger partial charge >= 0.3 is 0 Å². The van der Waals surface area contributed by atoms with E-state index in [0.717, 1.165) is 44.0 Å². The van der Waals surface area contributed by atoms with Gasteiger partial charge in [-0.3, -0.25) is 9.89 Å². The molecule has 1 N–H and O–H groups in total. The van der Waals surface area contributed by atoms with Gasteiger partial charge in [0.2, 0.25) is 5.91 Å². The molecular weight excluding hydrogens is 310 g/mol. The summed E-state index contributed by atoms with van der Waals surface area (Å²) in [5.74, 6) is 0.747. The Kier molecular flexibility index (Phi) is 5.07. The van der Waals surface area contributed by atoms with Crippen molar-refractivity contribution >= 4 is 17.2 Å². The Labute approximate surface area is 140 Å². The predicted octanol–water partition coefficient (Wildman–Crippen LogP) is 1.70. The van der Waals surface area contributed by atoms with Gasteiger partial charge < -0.3 is 9.80 Å². The molecule has 23 heavy (non-hydrogen) atoms. The fraction of sp³-hybridized carbons (Fsp3) is 0.562. The summed E-state index contributed by atoms with van der Waals surface area (Å²) in [5, 5.41) is 6.75. The molecule has 0 bridgehead atoms. The van der Waals surface area contributed by atoms with Gasteiger partial charge in [-0.15, -0.1) is 11.3 Å². The van der Waals surface area contributed by atoms with Crippen molar-refractivity contribution in [2.24, 2.45) is 5.92 Å². The van der Waals surface area contributed by atoms with Gasteiger partial charge in [-0.25, -0.2) is 4.98 Å². The van der Waals surface area contributed by atoms with Crippen molar-refractivity contribution in [2.75, 3.05) is 26.7 Å². The summed E-state index contributed by atoms with van der Waals surface area (Å²) in [6.07, 6.45) is 3.19. The van der Waals surface area contributed by atoms with Crippen molar-refractivity contribution in [2.45, 2.75) is 26.3 Å². The molecule has 1 fully saturated rings. The minimum absolute atomic E-state index is 0.192. The largest absolute Gasteiger partial charge is 0.342 e. The summed E-state index contributed by atoms with van der Waals surface area (Å²) >= 11 is 1.72. The average molecular weight is 333 g/mol. The summed E-state index contributed by atoms with van der Waals surface area (Å²) in [6, 6.07) is 1.86. The molecule has 124 valence electrons. The number of aryl methyl sites for hydroxylation is 1. The van der Waals surface area contributed by atoms with Crippen LogP contribution >= 0.6 is 11.3 Å². The van der Waals surface area contributed by atoms with Crippen molar-refractivity contribution in [1.82, 2.24) is 25.0 Å². The van der Waals surface area contributed by atoms with Crippen LogP contribution in [0.3, 0.4) is 0 Å². The molecule has 7 heteroatoms. The van der Waals surface area contributed by atoms with Gasteiger partial charge in [-0.1, -0.05) is 0 Å². The first-order valence-corrected chi connectivity index (χ1v) is 8.83. The molecule has 1 saturated heterocycles. The Bertz CT molecular complexity index is 639. The first-order chi connectivity index (χ1) is 11.1. The van der Waals surface area contributed by atoms with Gasteiger partial charge in [0, 0.05) is 42.9 Å². The summed E-state index contributed by atoms with van der Waals surface area (Å²) in [6.45, 7) is 5.75. The Morgan fingerprint density at radius 1 is 1.57 bits per heavy atom. The zero-order chi connectivity index (χ0) is 16.2. The molecule has 0 aromatic carbocycles. The molecule has 3 heterocycles. The number of thiazole rings is 1. The number of nitrogens with zero attached hydrogens (tertiary/aromatic N) is 4. The van der Waals surface area contributed by atoms with E-state index in [4.69, 9.17) is 0 Å². The minimum Gasteiger partial charge on any atom is -0.342 e. The van der Waals surface area contributed by atoms with E-state index in [1.54, 1.807) is 17.5 Å². The third kappa shape index (κ3) is 4.17. The first kappa shape index (κ1) is 16.1. The van der Waals surface area contributed by atoms with E-state index in [-0.39, 0.29) is 5.91 Å². The van der Waals surface area contributed by atoms with Gasteiger partial charge in [0.15, 0.2) is 0 Å². The zero-order valence-electron chi connectivity index (χ0n) is 13.7. The second-order valence-electron chi connectivity index (χ2n) is 6.31. The SMILES string of the molecule is Cc1ncsc1CN(C)CC1CCN(C(=O)Cc2ccn[nH]2)C1. The average Bonchev–Trinajstić information content (AvgIpc) is 3.23. The standard InChI is InChI=1S/C16H23N5OS/c1-12-15(23-11-17-12)10-20(2)8-13-4-6-21(9-13)16(22)7-14-3-5-18-19-14/h3,5,11,13H,4,6-10H2,1-2H3,(H,18,19). The Balaban J connectivity index is 1.46. The molecule has 1 amide bonds. The summed E-state index contributed by atoms with van der Waals surface area (Å²) in [4.78, 5) is 22.3. The Hall–Kier alpha value is -1.73. The lowest BCUT2D eigenvalue weighted by molar-refractivity contribution is -0.129. The molecule has 0 radical (unpaired) electrons. The number of amides is 1. The quantitative estimate of drug-likeness (QED) is 0.874. The summed E-state index contributed by atoms with van der Waals surface area (Å²) in [7, 11) is 2.15. The summed E-state index contributed by atoms with van der Waals surface area (Å²) in [5.41, 5.74) is 3.92. The molecule has 1 aliphatic rings. The maximum absolute atomic E-state index is 12.3.